The van der Waals surface area contributed by atoms with Gasteiger partial charge in [-0.05, 0) is 55.5 Å². The molecule has 2 aromatic carbocycles. The number of para-hydroxylation sites is 1. The number of likely N-dealkylation sites (tertiary alicyclic amines) is 1. The maximum atomic E-state index is 12.9. The van der Waals surface area contributed by atoms with Gasteiger partial charge in [0, 0.05) is 13.0 Å². The Morgan fingerprint density at radius 3 is 2.90 bits per heavy atom. The van der Waals surface area contributed by atoms with E-state index in [-0.39, 0.29) is 11.9 Å². The Bertz CT molecular complexity index is 999. The monoisotopic (exact) mass is 408 g/mol. The van der Waals surface area contributed by atoms with Crippen LogP contribution < -0.4 is 9.47 Å². The highest BCUT2D eigenvalue weighted by atomic mass is 32.1. The number of amides is 1. The van der Waals surface area contributed by atoms with Crippen LogP contribution in [0.2, 0.25) is 0 Å². The molecule has 1 unspecified atom stereocenters. The summed E-state index contributed by atoms with van der Waals surface area (Å²) >= 11 is 1.73. The van der Waals surface area contributed by atoms with Gasteiger partial charge in [-0.1, -0.05) is 18.2 Å². The first-order chi connectivity index (χ1) is 14.3. The van der Waals surface area contributed by atoms with E-state index >= 15 is 0 Å². The summed E-state index contributed by atoms with van der Waals surface area (Å²) in [5.41, 5.74) is 2.20. The number of carbonyl (C=O) groups is 1. The van der Waals surface area contributed by atoms with Gasteiger partial charge in [0.25, 0.3) is 0 Å². The summed E-state index contributed by atoms with van der Waals surface area (Å²) in [6.07, 6.45) is 4.31. The van der Waals surface area contributed by atoms with Crippen LogP contribution in [0.1, 0.15) is 42.3 Å². The molecule has 0 aliphatic carbocycles. The van der Waals surface area contributed by atoms with Crippen molar-refractivity contribution in [2.75, 3.05) is 19.8 Å². The summed E-state index contributed by atoms with van der Waals surface area (Å²) < 4.78 is 12.6. The second-order valence-electron chi connectivity index (χ2n) is 7.58. The molecular formula is C23H24N2O3S. The van der Waals surface area contributed by atoms with Gasteiger partial charge in [0.2, 0.25) is 5.91 Å². The number of rotatable bonds is 5. The van der Waals surface area contributed by atoms with Crippen LogP contribution in [0.4, 0.5) is 0 Å². The van der Waals surface area contributed by atoms with E-state index in [1.165, 1.54) is 4.70 Å². The van der Waals surface area contributed by atoms with Crippen LogP contribution in [-0.2, 0) is 11.2 Å². The first kappa shape index (κ1) is 18.4. The molecular weight excluding hydrogens is 384 g/mol. The molecule has 29 heavy (non-hydrogen) atoms. The van der Waals surface area contributed by atoms with Crippen LogP contribution in [-0.4, -0.2) is 35.5 Å². The van der Waals surface area contributed by atoms with E-state index in [1.807, 2.05) is 35.2 Å². The highest BCUT2D eigenvalue weighted by Crippen LogP contribution is 2.38. The molecule has 0 bridgehead atoms. The van der Waals surface area contributed by atoms with E-state index in [4.69, 9.17) is 9.47 Å². The number of aromatic nitrogens is 1. The minimum absolute atomic E-state index is 0.140. The average molecular weight is 409 g/mol. The fourth-order valence-corrected chi connectivity index (χ4v) is 5.25. The molecule has 0 spiro atoms. The molecule has 1 atom stereocenters. The van der Waals surface area contributed by atoms with Crippen molar-refractivity contribution in [3.63, 3.8) is 0 Å². The Balaban J connectivity index is 1.22. The predicted molar refractivity (Wildman–Crippen MR) is 114 cm³/mol. The number of hydrogen-bond acceptors (Lipinski definition) is 5. The normalized spacial score (nSPS) is 18.3. The number of ether oxygens (including phenoxy) is 2. The van der Waals surface area contributed by atoms with E-state index in [0.29, 0.717) is 19.6 Å². The molecule has 1 aromatic heterocycles. The van der Waals surface area contributed by atoms with Crippen LogP contribution in [0.25, 0.3) is 10.2 Å². The van der Waals surface area contributed by atoms with E-state index in [2.05, 4.69) is 17.1 Å². The average Bonchev–Trinajstić information content (AvgIpc) is 3.40. The smallest absolute Gasteiger partial charge is 0.223 e. The first-order valence-corrected chi connectivity index (χ1v) is 11.1. The van der Waals surface area contributed by atoms with Crippen LogP contribution in [0, 0.1) is 0 Å². The molecule has 3 aromatic rings. The zero-order chi connectivity index (χ0) is 19.6. The molecule has 150 valence electrons. The van der Waals surface area contributed by atoms with Gasteiger partial charge in [-0.25, -0.2) is 4.98 Å². The SMILES string of the molecule is O=C(CCCc1nc2ccccc2s1)N1CCCC1c1ccc2c(c1)OCCO2. The lowest BCUT2D eigenvalue weighted by Gasteiger charge is -2.27. The molecule has 5 nitrogen and oxygen atoms in total. The molecule has 2 aliphatic rings. The summed E-state index contributed by atoms with van der Waals surface area (Å²) in [6, 6.07) is 14.4. The highest BCUT2D eigenvalue weighted by Gasteiger charge is 2.30. The van der Waals surface area contributed by atoms with Crippen LogP contribution in [0.5, 0.6) is 11.5 Å². The zero-order valence-corrected chi connectivity index (χ0v) is 17.1. The quantitative estimate of drug-likeness (QED) is 0.611. The van der Waals surface area contributed by atoms with Crippen molar-refractivity contribution in [3.8, 4) is 11.5 Å². The van der Waals surface area contributed by atoms with Crippen LogP contribution in [0.3, 0.4) is 0 Å². The van der Waals surface area contributed by atoms with E-state index in [0.717, 1.165) is 59.8 Å². The highest BCUT2D eigenvalue weighted by molar-refractivity contribution is 7.18. The lowest BCUT2D eigenvalue weighted by molar-refractivity contribution is -0.132. The number of benzene rings is 2. The van der Waals surface area contributed by atoms with Crippen molar-refractivity contribution in [1.82, 2.24) is 9.88 Å². The maximum Gasteiger partial charge on any atom is 0.223 e. The van der Waals surface area contributed by atoms with Crippen LogP contribution >= 0.6 is 11.3 Å². The largest absolute Gasteiger partial charge is 0.486 e. The number of fused-ring (bicyclic) bond motifs is 2. The second kappa shape index (κ2) is 8.03. The van der Waals surface area contributed by atoms with Crippen molar-refractivity contribution >= 4 is 27.5 Å². The van der Waals surface area contributed by atoms with Gasteiger partial charge in [0.05, 0.1) is 21.3 Å². The Kier molecular flexibility index (Phi) is 5.10. The lowest BCUT2D eigenvalue weighted by atomic mass is 10.0. The third kappa shape index (κ3) is 3.81. The number of nitrogens with zero attached hydrogens (tertiary/aromatic N) is 2. The summed E-state index contributed by atoms with van der Waals surface area (Å²) in [4.78, 5) is 19.7. The fraction of sp³-hybridized carbons (Fsp3) is 0.391. The van der Waals surface area contributed by atoms with Gasteiger partial charge in [-0.3, -0.25) is 4.79 Å². The molecule has 1 fully saturated rings. The zero-order valence-electron chi connectivity index (χ0n) is 16.3. The molecule has 1 saturated heterocycles. The van der Waals surface area contributed by atoms with Gasteiger partial charge in [0.1, 0.15) is 13.2 Å². The number of hydrogen-bond donors (Lipinski definition) is 0. The topological polar surface area (TPSA) is 51.7 Å². The predicted octanol–water partition coefficient (Wildman–Crippen LogP) is 4.75. The fourth-order valence-electron chi connectivity index (χ4n) is 4.24. The van der Waals surface area contributed by atoms with Gasteiger partial charge >= 0.3 is 0 Å². The van der Waals surface area contributed by atoms with E-state index < -0.39 is 0 Å². The van der Waals surface area contributed by atoms with E-state index in [9.17, 15) is 4.79 Å². The third-order valence-corrected chi connectivity index (χ3v) is 6.74. The molecule has 0 saturated carbocycles. The Hall–Kier alpha value is -2.60. The molecule has 3 heterocycles. The number of thiazole rings is 1. The van der Waals surface area contributed by atoms with Crippen molar-refractivity contribution in [2.24, 2.45) is 0 Å². The molecule has 0 N–H and O–H groups in total. The minimum atomic E-state index is 0.140. The van der Waals surface area contributed by atoms with E-state index in [1.54, 1.807) is 11.3 Å². The van der Waals surface area contributed by atoms with Crippen LogP contribution in [0.15, 0.2) is 42.5 Å². The second-order valence-corrected chi connectivity index (χ2v) is 8.69. The summed E-state index contributed by atoms with van der Waals surface area (Å²) in [7, 11) is 0. The third-order valence-electron chi connectivity index (χ3n) is 5.64. The lowest BCUT2D eigenvalue weighted by Crippen LogP contribution is -2.30. The molecule has 6 heteroatoms. The standard InChI is InChI=1S/C23H24N2O3S/c26-23(9-3-8-22-24-17-5-1-2-7-21(17)29-22)25-12-4-6-18(25)16-10-11-19-20(15-16)28-14-13-27-19/h1-2,5,7,10-11,15,18H,3-4,6,8-9,12-14H2. The number of carbonyl (C=O) groups excluding carboxylic acids is 1. The van der Waals surface area contributed by atoms with Gasteiger partial charge in [0.15, 0.2) is 11.5 Å². The van der Waals surface area contributed by atoms with Crippen molar-refractivity contribution in [3.05, 3.63) is 53.0 Å². The molecule has 1 amide bonds. The summed E-state index contributed by atoms with van der Waals surface area (Å²) in [5.74, 6) is 1.83. The van der Waals surface area contributed by atoms with Gasteiger partial charge in [-0.15, -0.1) is 11.3 Å². The Morgan fingerprint density at radius 2 is 2.00 bits per heavy atom. The molecule has 5 rings (SSSR count). The van der Waals surface area contributed by atoms with Crippen molar-refractivity contribution < 1.29 is 14.3 Å². The Morgan fingerprint density at radius 1 is 1.14 bits per heavy atom. The molecule has 0 radical (unpaired) electrons. The first-order valence-electron chi connectivity index (χ1n) is 10.3. The minimum Gasteiger partial charge on any atom is -0.486 e. The van der Waals surface area contributed by atoms with Gasteiger partial charge < -0.3 is 14.4 Å². The summed E-state index contributed by atoms with van der Waals surface area (Å²) in [6.45, 7) is 2.00. The Labute approximate surface area is 174 Å². The van der Waals surface area contributed by atoms with Crippen molar-refractivity contribution in [2.45, 2.75) is 38.1 Å². The summed E-state index contributed by atoms with van der Waals surface area (Å²) in [5, 5.41) is 1.11. The molecule has 2 aliphatic heterocycles. The van der Waals surface area contributed by atoms with Crippen molar-refractivity contribution in [1.29, 1.82) is 0 Å². The maximum absolute atomic E-state index is 12.9. The number of aryl methyl sites for hydroxylation is 1. The van der Waals surface area contributed by atoms with Gasteiger partial charge in [-0.2, -0.15) is 0 Å².